The number of rotatable bonds is 4. The summed E-state index contributed by atoms with van der Waals surface area (Å²) in [6.45, 7) is 4.31. The maximum atomic E-state index is 12.2. The first kappa shape index (κ1) is 26.2. The monoisotopic (exact) mass is 504 g/mol. The second kappa shape index (κ2) is 9.57. The van der Waals surface area contributed by atoms with Gasteiger partial charge < -0.3 is 11.1 Å². The van der Waals surface area contributed by atoms with Gasteiger partial charge >= 0.3 is 0 Å². The van der Waals surface area contributed by atoms with E-state index in [9.17, 15) is 13.2 Å². The average Bonchev–Trinajstić information content (AvgIpc) is 2.72. The van der Waals surface area contributed by atoms with Crippen molar-refractivity contribution < 1.29 is 37.3 Å². The lowest BCUT2D eigenvalue weighted by Gasteiger charge is -2.60. The van der Waals surface area contributed by atoms with Crippen molar-refractivity contribution in [1.82, 2.24) is 5.32 Å². The molecule has 0 radical (unpaired) electrons. The minimum Gasteiger partial charge on any atom is -0.354 e. The first-order chi connectivity index (χ1) is 15.8. The van der Waals surface area contributed by atoms with Gasteiger partial charge in [0, 0.05) is 43.2 Å². The van der Waals surface area contributed by atoms with Crippen molar-refractivity contribution in [3.63, 3.8) is 0 Å². The third-order valence-corrected chi connectivity index (χ3v) is 8.01. The summed E-state index contributed by atoms with van der Waals surface area (Å²) in [5.41, 5.74) is 5.55. The SMILES string of the molecule is CC(C)(N)CNC(=O)CC1CCC2(CC1)OOC1(OO2)C2CC3CC(C2)CC1C3.CS(=O)(=O)O. The van der Waals surface area contributed by atoms with E-state index in [2.05, 4.69) is 5.32 Å². The molecule has 2 spiro atoms. The van der Waals surface area contributed by atoms with E-state index in [1.54, 1.807) is 0 Å². The summed E-state index contributed by atoms with van der Waals surface area (Å²) < 4.78 is 25.9. The highest BCUT2D eigenvalue weighted by molar-refractivity contribution is 7.85. The molecule has 0 aromatic carbocycles. The third-order valence-electron chi connectivity index (χ3n) is 8.01. The van der Waals surface area contributed by atoms with Crippen LogP contribution in [-0.4, -0.2) is 48.8 Å². The highest BCUT2D eigenvalue weighted by Crippen LogP contribution is 2.61. The summed E-state index contributed by atoms with van der Waals surface area (Å²) in [5, 5.41) is 2.93. The van der Waals surface area contributed by atoms with E-state index in [4.69, 9.17) is 29.8 Å². The maximum Gasteiger partial charge on any atom is 0.261 e. The molecule has 11 heteroatoms. The molecule has 196 valence electrons. The Balaban J connectivity index is 0.000000499. The van der Waals surface area contributed by atoms with E-state index >= 15 is 0 Å². The number of hydrogen-bond acceptors (Lipinski definition) is 8. The van der Waals surface area contributed by atoms with Gasteiger partial charge in [0.05, 0.1) is 6.26 Å². The van der Waals surface area contributed by atoms with E-state index in [0.29, 0.717) is 49.8 Å². The van der Waals surface area contributed by atoms with Crippen LogP contribution in [0.15, 0.2) is 0 Å². The fourth-order valence-corrected chi connectivity index (χ4v) is 6.57. The number of carbonyl (C=O) groups is 1. The van der Waals surface area contributed by atoms with Gasteiger partial charge in [-0.05, 0) is 76.5 Å². The molecule has 6 rings (SSSR count). The van der Waals surface area contributed by atoms with Crippen LogP contribution in [0.3, 0.4) is 0 Å². The van der Waals surface area contributed by atoms with Gasteiger partial charge in [-0.2, -0.15) is 28.0 Å². The van der Waals surface area contributed by atoms with E-state index in [-0.39, 0.29) is 5.91 Å². The van der Waals surface area contributed by atoms with Crippen molar-refractivity contribution in [2.45, 2.75) is 95.2 Å². The molecule has 1 amide bonds. The molecule has 0 atom stereocenters. The van der Waals surface area contributed by atoms with Crippen molar-refractivity contribution in [3.05, 3.63) is 0 Å². The van der Waals surface area contributed by atoms with Crippen LogP contribution in [0.1, 0.15) is 78.1 Å². The quantitative estimate of drug-likeness (QED) is 0.388. The van der Waals surface area contributed by atoms with Crippen LogP contribution in [0.5, 0.6) is 0 Å². The highest BCUT2D eigenvalue weighted by atomic mass is 32.2. The van der Waals surface area contributed by atoms with Gasteiger partial charge in [0.1, 0.15) is 0 Å². The molecular formula is C23H40N2O8S. The number of carbonyl (C=O) groups excluding carboxylic acids is 1. The zero-order valence-electron chi connectivity index (χ0n) is 20.5. The molecule has 0 unspecified atom stereocenters. The minimum absolute atomic E-state index is 0.0648. The molecule has 5 saturated carbocycles. The molecule has 1 aliphatic heterocycles. The smallest absolute Gasteiger partial charge is 0.261 e. The lowest BCUT2D eigenvalue weighted by molar-refractivity contribution is -0.680. The molecule has 4 N–H and O–H groups in total. The lowest BCUT2D eigenvalue weighted by atomic mass is 9.53. The summed E-state index contributed by atoms with van der Waals surface area (Å²) in [6, 6.07) is 0. The Labute approximate surface area is 202 Å². The van der Waals surface area contributed by atoms with E-state index in [1.807, 2.05) is 13.8 Å². The summed E-state index contributed by atoms with van der Waals surface area (Å²) in [5.74, 6) is 1.33. The minimum atomic E-state index is -3.67. The second-order valence-electron chi connectivity index (χ2n) is 11.9. The third kappa shape index (κ3) is 6.29. The zero-order valence-corrected chi connectivity index (χ0v) is 21.3. The Bertz CT molecular complexity index is 800. The van der Waals surface area contributed by atoms with Crippen molar-refractivity contribution in [2.75, 3.05) is 12.8 Å². The number of nitrogens with one attached hydrogen (secondary N) is 1. The van der Waals surface area contributed by atoms with Crippen LogP contribution < -0.4 is 11.1 Å². The fraction of sp³-hybridized carbons (Fsp3) is 0.957. The Morgan fingerprint density at radius 3 is 1.91 bits per heavy atom. The van der Waals surface area contributed by atoms with Gasteiger partial charge in [-0.15, -0.1) is 0 Å². The number of amides is 1. The molecule has 6 aliphatic rings. The highest BCUT2D eigenvalue weighted by Gasteiger charge is 2.64. The Hall–Kier alpha value is -0.820. The van der Waals surface area contributed by atoms with Crippen LogP contribution in [0.2, 0.25) is 0 Å². The van der Waals surface area contributed by atoms with Crippen LogP contribution in [0.4, 0.5) is 0 Å². The zero-order chi connectivity index (χ0) is 24.8. The van der Waals surface area contributed by atoms with Gasteiger partial charge in [-0.25, -0.2) is 0 Å². The summed E-state index contributed by atoms with van der Waals surface area (Å²) in [4.78, 5) is 36.3. The van der Waals surface area contributed by atoms with Crippen LogP contribution in [-0.2, 0) is 34.5 Å². The molecule has 4 bridgehead atoms. The Morgan fingerprint density at radius 2 is 1.47 bits per heavy atom. The molecule has 1 saturated heterocycles. The molecule has 5 aliphatic carbocycles. The van der Waals surface area contributed by atoms with Crippen LogP contribution >= 0.6 is 0 Å². The Kier molecular flexibility index (Phi) is 7.39. The lowest BCUT2D eigenvalue weighted by Crippen LogP contribution is -2.64. The van der Waals surface area contributed by atoms with Crippen LogP contribution in [0.25, 0.3) is 0 Å². The maximum absolute atomic E-state index is 12.2. The number of nitrogens with two attached hydrogens (primary N) is 1. The van der Waals surface area contributed by atoms with Gasteiger partial charge in [0.15, 0.2) is 0 Å². The van der Waals surface area contributed by atoms with Crippen molar-refractivity contribution in [2.24, 2.45) is 35.3 Å². The standard InChI is InChI=1S/C22H36N2O5.CH4O3S/c1-20(2,23)13-24-19(25)12-14-3-5-21(6-4-14)26-28-22(29-27-21)17-8-15-7-16(10-17)11-18(22)9-15;1-5(2,3)4/h14-18H,3-13,23H2,1-2H3,(H,24,25);1H3,(H,2,3,4). The molecule has 10 nitrogen and oxygen atoms in total. The van der Waals surface area contributed by atoms with E-state index in [0.717, 1.165) is 24.7 Å². The molecule has 6 fully saturated rings. The predicted molar refractivity (Wildman–Crippen MR) is 122 cm³/mol. The van der Waals surface area contributed by atoms with Crippen molar-refractivity contribution in [1.29, 1.82) is 0 Å². The van der Waals surface area contributed by atoms with Crippen molar-refractivity contribution in [3.8, 4) is 0 Å². The molecule has 0 aromatic heterocycles. The Morgan fingerprint density at radius 1 is 1.00 bits per heavy atom. The summed E-state index contributed by atoms with van der Waals surface area (Å²) in [6.07, 6.45) is 10.4. The van der Waals surface area contributed by atoms with Gasteiger partial charge in [0.2, 0.25) is 17.5 Å². The molecule has 1 heterocycles. The second-order valence-corrected chi connectivity index (χ2v) is 13.4. The number of hydrogen-bond donors (Lipinski definition) is 3. The van der Waals surface area contributed by atoms with Gasteiger partial charge in [-0.1, -0.05) is 0 Å². The van der Waals surface area contributed by atoms with E-state index in [1.165, 1.54) is 32.1 Å². The first-order valence-electron chi connectivity index (χ1n) is 12.5. The molecule has 34 heavy (non-hydrogen) atoms. The van der Waals surface area contributed by atoms with E-state index < -0.39 is 27.2 Å². The van der Waals surface area contributed by atoms with Crippen molar-refractivity contribution >= 4 is 16.0 Å². The van der Waals surface area contributed by atoms with Crippen LogP contribution in [0, 0.1) is 29.6 Å². The normalized spacial score (nSPS) is 41.3. The first-order valence-corrected chi connectivity index (χ1v) is 14.3. The van der Waals surface area contributed by atoms with Gasteiger partial charge in [0.25, 0.3) is 10.1 Å². The molecular weight excluding hydrogens is 464 g/mol. The molecule has 0 aromatic rings. The fourth-order valence-electron chi connectivity index (χ4n) is 6.57. The largest absolute Gasteiger partial charge is 0.354 e. The van der Waals surface area contributed by atoms with Gasteiger partial charge in [-0.3, -0.25) is 9.35 Å². The predicted octanol–water partition coefficient (Wildman–Crippen LogP) is 2.68. The topological polar surface area (TPSA) is 146 Å². The summed E-state index contributed by atoms with van der Waals surface area (Å²) >= 11 is 0. The average molecular weight is 505 g/mol. The summed E-state index contributed by atoms with van der Waals surface area (Å²) in [7, 11) is -3.67.